The molecular weight excluding hydrogens is 312 g/mol. The Kier molecular flexibility index (Phi) is 3.99. The number of imidazole rings is 1. The van der Waals surface area contributed by atoms with Crippen molar-refractivity contribution in [2.24, 2.45) is 7.05 Å². The van der Waals surface area contributed by atoms with E-state index >= 15 is 0 Å². The Labute approximate surface area is 147 Å². The van der Waals surface area contributed by atoms with Crippen LogP contribution in [0.5, 0.6) is 0 Å². The summed E-state index contributed by atoms with van der Waals surface area (Å²) in [6, 6.07) is 10.1. The van der Waals surface area contributed by atoms with Crippen molar-refractivity contribution in [1.82, 2.24) is 19.4 Å². The molecule has 1 saturated heterocycles. The number of rotatable bonds is 3. The van der Waals surface area contributed by atoms with Gasteiger partial charge in [0.05, 0.1) is 23.7 Å². The summed E-state index contributed by atoms with van der Waals surface area (Å²) in [5.41, 5.74) is 4.31. The lowest BCUT2D eigenvalue weighted by Gasteiger charge is -2.16. The van der Waals surface area contributed by atoms with Gasteiger partial charge in [-0.05, 0) is 25.0 Å². The number of hydrogen-bond acceptors (Lipinski definition) is 3. The van der Waals surface area contributed by atoms with Crippen molar-refractivity contribution in [3.8, 4) is 0 Å². The van der Waals surface area contributed by atoms with Gasteiger partial charge in [-0.15, -0.1) is 0 Å². The number of benzene rings is 1. The average molecular weight is 334 g/mol. The summed E-state index contributed by atoms with van der Waals surface area (Å²) in [4.78, 5) is 23.5. The maximum Gasteiger partial charge on any atom is 0.227 e. The summed E-state index contributed by atoms with van der Waals surface area (Å²) in [6.45, 7) is 3.61. The minimum atomic E-state index is 0.201. The molecule has 0 bridgehead atoms. The van der Waals surface area contributed by atoms with Gasteiger partial charge in [0.2, 0.25) is 5.91 Å². The van der Waals surface area contributed by atoms with E-state index in [4.69, 9.17) is 4.98 Å². The molecule has 25 heavy (non-hydrogen) atoms. The molecule has 0 N–H and O–H groups in total. The molecule has 0 radical (unpaired) electrons. The van der Waals surface area contributed by atoms with Crippen LogP contribution in [0.3, 0.4) is 0 Å². The largest absolute Gasteiger partial charge is 0.342 e. The number of carbonyl (C=O) groups is 1. The van der Waals surface area contributed by atoms with Crippen molar-refractivity contribution < 1.29 is 4.79 Å². The second-order valence-corrected chi connectivity index (χ2v) is 6.88. The highest BCUT2D eigenvalue weighted by Crippen LogP contribution is 2.29. The van der Waals surface area contributed by atoms with Gasteiger partial charge in [-0.3, -0.25) is 9.78 Å². The molecule has 0 aliphatic carbocycles. The van der Waals surface area contributed by atoms with Gasteiger partial charge in [0.1, 0.15) is 5.82 Å². The number of pyridine rings is 1. The molecule has 1 aromatic carbocycles. The topological polar surface area (TPSA) is 51.0 Å². The van der Waals surface area contributed by atoms with Crippen LogP contribution < -0.4 is 0 Å². The normalized spacial score (nSPS) is 17.4. The average Bonchev–Trinajstić information content (AvgIpc) is 3.22. The van der Waals surface area contributed by atoms with E-state index in [1.165, 1.54) is 5.56 Å². The number of carbonyl (C=O) groups excluding carboxylic acids is 1. The van der Waals surface area contributed by atoms with Crippen molar-refractivity contribution in [3.05, 3.63) is 59.7 Å². The molecular formula is C20H22N4O. The van der Waals surface area contributed by atoms with E-state index in [2.05, 4.69) is 28.6 Å². The standard InChI is InChI=1S/C20H22N4O/c1-14-3-5-15(6-4-14)11-19(25)24-10-8-16(13-24)20-22-17-7-9-21-12-18(17)23(20)2/h3-7,9,12,16H,8,10-11,13H2,1-2H3/t16-/m1/s1. The SMILES string of the molecule is Cc1ccc(CC(=O)N2CC[C@@H](c3nc4ccncc4n3C)C2)cc1. The molecule has 0 unspecified atom stereocenters. The zero-order valence-corrected chi connectivity index (χ0v) is 14.6. The van der Waals surface area contributed by atoms with Crippen LogP contribution in [-0.4, -0.2) is 38.4 Å². The Balaban J connectivity index is 1.47. The lowest BCUT2D eigenvalue weighted by Crippen LogP contribution is -2.30. The molecule has 4 rings (SSSR count). The van der Waals surface area contributed by atoms with Crippen LogP contribution in [0, 0.1) is 6.92 Å². The first-order valence-corrected chi connectivity index (χ1v) is 8.71. The number of aromatic nitrogens is 3. The van der Waals surface area contributed by atoms with Gasteiger partial charge >= 0.3 is 0 Å². The van der Waals surface area contributed by atoms with Crippen LogP contribution in [0.25, 0.3) is 11.0 Å². The number of amides is 1. The molecule has 3 heterocycles. The van der Waals surface area contributed by atoms with Gasteiger partial charge in [0, 0.05) is 32.3 Å². The Hall–Kier alpha value is -2.69. The monoisotopic (exact) mass is 334 g/mol. The van der Waals surface area contributed by atoms with E-state index in [9.17, 15) is 4.79 Å². The second kappa shape index (κ2) is 6.31. The molecule has 0 spiro atoms. The fourth-order valence-electron chi connectivity index (χ4n) is 3.61. The number of fused-ring (bicyclic) bond motifs is 1. The van der Waals surface area contributed by atoms with E-state index in [0.29, 0.717) is 12.3 Å². The Morgan fingerprint density at radius 3 is 2.80 bits per heavy atom. The number of aryl methyl sites for hydroxylation is 2. The summed E-state index contributed by atoms with van der Waals surface area (Å²) < 4.78 is 2.11. The summed E-state index contributed by atoms with van der Waals surface area (Å²) in [6.07, 6.45) is 5.05. The van der Waals surface area contributed by atoms with Gasteiger partial charge in [-0.2, -0.15) is 0 Å². The first-order valence-electron chi connectivity index (χ1n) is 8.71. The highest BCUT2D eigenvalue weighted by molar-refractivity contribution is 5.79. The van der Waals surface area contributed by atoms with Crippen molar-refractivity contribution >= 4 is 16.9 Å². The summed E-state index contributed by atoms with van der Waals surface area (Å²) in [5, 5.41) is 0. The first-order chi connectivity index (χ1) is 12.1. The maximum atomic E-state index is 12.6. The lowest BCUT2D eigenvalue weighted by molar-refractivity contribution is -0.129. The third-order valence-corrected chi connectivity index (χ3v) is 5.10. The predicted octanol–water partition coefficient (Wildman–Crippen LogP) is 2.84. The molecule has 5 heteroatoms. The molecule has 1 atom stereocenters. The van der Waals surface area contributed by atoms with Gasteiger partial charge in [-0.25, -0.2) is 4.98 Å². The van der Waals surface area contributed by atoms with Crippen LogP contribution in [-0.2, 0) is 18.3 Å². The highest BCUT2D eigenvalue weighted by atomic mass is 16.2. The van der Waals surface area contributed by atoms with Crippen molar-refractivity contribution in [2.45, 2.75) is 25.7 Å². The predicted molar refractivity (Wildman–Crippen MR) is 97.3 cm³/mol. The minimum absolute atomic E-state index is 0.201. The summed E-state index contributed by atoms with van der Waals surface area (Å²) in [5.74, 6) is 1.54. The van der Waals surface area contributed by atoms with E-state index in [0.717, 1.165) is 41.9 Å². The zero-order chi connectivity index (χ0) is 17.4. The van der Waals surface area contributed by atoms with Crippen molar-refractivity contribution in [2.75, 3.05) is 13.1 Å². The summed E-state index contributed by atoms with van der Waals surface area (Å²) >= 11 is 0. The molecule has 1 fully saturated rings. The van der Waals surface area contributed by atoms with Crippen molar-refractivity contribution in [3.63, 3.8) is 0 Å². The lowest BCUT2D eigenvalue weighted by atomic mass is 10.1. The molecule has 1 aliphatic heterocycles. The van der Waals surface area contributed by atoms with Crippen LogP contribution in [0.4, 0.5) is 0 Å². The van der Waals surface area contributed by atoms with E-state index in [1.54, 1.807) is 6.20 Å². The van der Waals surface area contributed by atoms with Crippen molar-refractivity contribution in [1.29, 1.82) is 0 Å². The smallest absolute Gasteiger partial charge is 0.227 e. The molecule has 1 aliphatic rings. The van der Waals surface area contributed by atoms with Gasteiger partial charge in [0.15, 0.2) is 0 Å². The molecule has 0 saturated carbocycles. The quantitative estimate of drug-likeness (QED) is 0.740. The Morgan fingerprint density at radius 2 is 2.04 bits per heavy atom. The second-order valence-electron chi connectivity index (χ2n) is 6.88. The molecule has 1 amide bonds. The molecule has 2 aromatic heterocycles. The maximum absolute atomic E-state index is 12.6. The number of hydrogen-bond donors (Lipinski definition) is 0. The van der Waals surface area contributed by atoms with E-state index in [-0.39, 0.29) is 5.91 Å². The molecule has 128 valence electrons. The third kappa shape index (κ3) is 3.02. The fraction of sp³-hybridized carbons (Fsp3) is 0.350. The van der Waals surface area contributed by atoms with E-state index < -0.39 is 0 Å². The van der Waals surface area contributed by atoms with Crippen LogP contribution >= 0.6 is 0 Å². The fourth-order valence-corrected chi connectivity index (χ4v) is 3.61. The number of likely N-dealkylation sites (tertiary alicyclic amines) is 1. The van der Waals surface area contributed by atoms with Gasteiger partial charge in [0.25, 0.3) is 0 Å². The number of nitrogens with zero attached hydrogens (tertiary/aromatic N) is 4. The van der Waals surface area contributed by atoms with E-state index in [1.807, 2.05) is 36.3 Å². The molecule has 5 nitrogen and oxygen atoms in total. The van der Waals surface area contributed by atoms with Gasteiger partial charge < -0.3 is 9.47 Å². The Bertz CT molecular complexity index is 913. The highest BCUT2D eigenvalue weighted by Gasteiger charge is 2.30. The minimum Gasteiger partial charge on any atom is -0.342 e. The van der Waals surface area contributed by atoms with Crippen LogP contribution in [0.2, 0.25) is 0 Å². The summed E-state index contributed by atoms with van der Waals surface area (Å²) in [7, 11) is 2.03. The Morgan fingerprint density at radius 1 is 1.24 bits per heavy atom. The van der Waals surface area contributed by atoms with Crippen LogP contribution in [0.1, 0.15) is 29.3 Å². The first kappa shape index (κ1) is 15.8. The zero-order valence-electron chi connectivity index (χ0n) is 14.6. The molecule has 3 aromatic rings. The van der Waals surface area contributed by atoms with Gasteiger partial charge in [-0.1, -0.05) is 29.8 Å². The third-order valence-electron chi connectivity index (χ3n) is 5.10. The van der Waals surface area contributed by atoms with Crippen LogP contribution in [0.15, 0.2) is 42.7 Å².